The van der Waals surface area contributed by atoms with Crippen molar-refractivity contribution in [3.8, 4) is 5.75 Å². The summed E-state index contributed by atoms with van der Waals surface area (Å²) in [5, 5.41) is 5.30. The molecule has 0 fully saturated rings. The van der Waals surface area contributed by atoms with Gasteiger partial charge in [0.25, 0.3) is 11.8 Å². The van der Waals surface area contributed by atoms with Gasteiger partial charge in [0.1, 0.15) is 11.8 Å². The largest absolute Gasteiger partial charge is 0.484 e. The fraction of sp³-hybridized carbons (Fsp3) is 0.381. The van der Waals surface area contributed by atoms with Crippen molar-refractivity contribution in [2.24, 2.45) is 0 Å². The molecule has 0 aliphatic rings. The normalized spacial score (nSPS) is 11.4. The molecule has 3 amide bonds. The summed E-state index contributed by atoms with van der Waals surface area (Å²) in [6, 6.07) is 9.70. The monoisotopic (exact) mass is 400 g/mol. The zero-order valence-corrected chi connectivity index (χ0v) is 17.2. The third kappa shape index (κ3) is 6.38. The first-order chi connectivity index (χ1) is 13.8. The molecule has 1 aromatic heterocycles. The molecule has 3 N–H and O–H groups in total. The van der Waals surface area contributed by atoms with E-state index in [4.69, 9.17) is 4.74 Å². The summed E-state index contributed by atoms with van der Waals surface area (Å²) in [7, 11) is 0. The predicted octanol–water partition coefficient (Wildman–Crippen LogP) is 1.90. The van der Waals surface area contributed by atoms with Gasteiger partial charge in [-0.25, -0.2) is 0 Å². The number of ether oxygens (including phenoxy) is 1. The Hall–Kier alpha value is -3.29. The van der Waals surface area contributed by atoms with Gasteiger partial charge in [0.2, 0.25) is 5.91 Å². The van der Waals surface area contributed by atoms with Crippen LogP contribution in [0.1, 0.15) is 42.0 Å². The fourth-order valence-corrected chi connectivity index (χ4v) is 2.61. The molecule has 0 aliphatic carbocycles. The van der Waals surface area contributed by atoms with Crippen LogP contribution < -0.4 is 20.8 Å². The van der Waals surface area contributed by atoms with Gasteiger partial charge in [0.15, 0.2) is 6.61 Å². The highest BCUT2D eigenvalue weighted by Crippen LogP contribution is 2.13. The van der Waals surface area contributed by atoms with Gasteiger partial charge in [-0.15, -0.1) is 0 Å². The van der Waals surface area contributed by atoms with Gasteiger partial charge in [0.05, 0.1) is 0 Å². The SMILES string of the molecule is CCCNC(=O)[C@@H](C)NC(=O)COc1ccc(C(=O)Nn2c(C)ccc2C)cc1. The summed E-state index contributed by atoms with van der Waals surface area (Å²) in [6.07, 6.45) is 0.828. The van der Waals surface area contributed by atoms with E-state index < -0.39 is 11.9 Å². The molecule has 8 heteroatoms. The first-order valence-electron chi connectivity index (χ1n) is 9.58. The molecular weight excluding hydrogens is 372 g/mol. The van der Waals surface area contributed by atoms with Crippen molar-refractivity contribution in [3.63, 3.8) is 0 Å². The van der Waals surface area contributed by atoms with E-state index in [1.807, 2.05) is 32.9 Å². The Balaban J connectivity index is 1.83. The molecule has 29 heavy (non-hydrogen) atoms. The second-order valence-corrected chi connectivity index (χ2v) is 6.79. The van der Waals surface area contributed by atoms with Crippen LogP contribution in [0.5, 0.6) is 5.75 Å². The lowest BCUT2D eigenvalue weighted by atomic mass is 10.2. The number of aromatic nitrogens is 1. The Morgan fingerprint density at radius 1 is 1.03 bits per heavy atom. The third-order valence-electron chi connectivity index (χ3n) is 4.29. The van der Waals surface area contributed by atoms with Crippen molar-refractivity contribution in [3.05, 3.63) is 53.3 Å². The minimum Gasteiger partial charge on any atom is -0.484 e. The molecular formula is C21H28N4O4. The van der Waals surface area contributed by atoms with Crippen LogP contribution in [0.4, 0.5) is 0 Å². The Bertz CT molecular complexity index is 839. The first kappa shape index (κ1) is 22.0. The van der Waals surface area contributed by atoms with Gasteiger partial charge < -0.3 is 15.4 Å². The number of carbonyl (C=O) groups is 3. The number of nitrogens with zero attached hydrogens (tertiary/aromatic N) is 1. The second kappa shape index (κ2) is 10.3. The van der Waals surface area contributed by atoms with E-state index in [-0.39, 0.29) is 18.4 Å². The molecule has 1 aromatic carbocycles. The number of benzene rings is 1. The highest BCUT2D eigenvalue weighted by atomic mass is 16.5. The smallest absolute Gasteiger partial charge is 0.270 e. The number of nitrogens with one attached hydrogen (secondary N) is 3. The zero-order valence-electron chi connectivity index (χ0n) is 17.2. The van der Waals surface area contributed by atoms with Crippen LogP contribution in [-0.4, -0.2) is 41.6 Å². The Kier molecular flexibility index (Phi) is 7.82. The molecule has 2 aromatic rings. The van der Waals surface area contributed by atoms with Crippen molar-refractivity contribution in [2.45, 2.75) is 40.2 Å². The lowest BCUT2D eigenvalue weighted by Gasteiger charge is -2.14. The number of rotatable bonds is 9. The van der Waals surface area contributed by atoms with E-state index in [2.05, 4.69) is 16.1 Å². The van der Waals surface area contributed by atoms with Gasteiger partial charge in [-0.1, -0.05) is 6.92 Å². The molecule has 0 radical (unpaired) electrons. The molecule has 0 spiro atoms. The molecule has 156 valence electrons. The van der Waals surface area contributed by atoms with Crippen molar-refractivity contribution in [2.75, 3.05) is 18.6 Å². The molecule has 1 atom stereocenters. The average Bonchev–Trinajstić information content (AvgIpc) is 3.02. The van der Waals surface area contributed by atoms with E-state index in [0.717, 1.165) is 17.8 Å². The van der Waals surface area contributed by atoms with Crippen molar-refractivity contribution in [1.29, 1.82) is 0 Å². The third-order valence-corrected chi connectivity index (χ3v) is 4.29. The minimum absolute atomic E-state index is 0.224. The zero-order chi connectivity index (χ0) is 21.4. The van der Waals surface area contributed by atoms with Gasteiger partial charge in [-0.2, -0.15) is 0 Å². The van der Waals surface area contributed by atoms with Crippen molar-refractivity contribution >= 4 is 17.7 Å². The summed E-state index contributed by atoms with van der Waals surface area (Å²) in [5.41, 5.74) is 5.15. The maximum absolute atomic E-state index is 12.4. The summed E-state index contributed by atoms with van der Waals surface area (Å²) < 4.78 is 7.14. The quantitative estimate of drug-likeness (QED) is 0.598. The Morgan fingerprint density at radius 3 is 2.24 bits per heavy atom. The summed E-state index contributed by atoms with van der Waals surface area (Å²) in [6.45, 7) is 7.73. The van der Waals surface area contributed by atoms with Gasteiger partial charge in [-0.3, -0.25) is 24.5 Å². The molecule has 1 heterocycles. The predicted molar refractivity (Wildman–Crippen MR) is 110 cm³/mol. The molecule has 0 bridgehead atoms. The Labute approximate surface area is 170 Å². The second-order valence-electron chi connectivity index (χ2n) is 6.79. The van der Waals surface area contributed by atoms with Crippen LogP contribution in [0.2, 0.25) is 0 Å². The first-order valence-corrected chi connectivity index (χ1v) is 9.58. The van der Waals surface area contributed by atoms with Crippen LogP contribution in [-0.2, 0) is 9.59 Å². The van der Waals surface area contributed by atoms with Crippen LogP contribution in [0.15, 0.2) is 36.4 Å². The average molecular weight is 400 g/mol. The Morgan fingerprint density at radius 2 is 1.66 bits per heavy atom. The van der Waals surface area contributed by atoms with E-state index in [1.54, 1.807) is 35.9 Å². The van der Waals surface area contributed by atoms with Crippen molar-refractivity contribution < 1.29 is 19.1 Å². The molecule has 8 nitrogen and oxygen atoms in total. The van der Waals surface area contributed by atoms with Gasteiger partial charge >= 0.3 is 0 Å². The molecule has 0 saturated carbocycles. The number of amides is 3. The van der Waals surface area contributed by atoms with Crippen LogP contribution >= 0.6 is 0 Å². The number of hydrogen-bond donors (Lipinski definition) is 3. The lowest BCUT2D eigenvalue weighted by Crippen LogP contribution is -2.46. The van der Waals surface area contributed by atoms with Crippen molar-refractivity contribution in [1.82, 2.24) is 15.3 Å². The van der Waals surface area contributed by atoms with E-state index >= 15 is 0 Å². The highest BCUT2D eigenvalue weighted by Gasteiger charge is 2.15. The topological polar surface area (TPSA) is 101 Å². The highest BCUT2D eigenvalue weighted by molar-refractivity contribution is 6.00. The molecule has 0 saturated heterocycles. The molecule has 0 aliphatic heterocycles. The van der Waals surface area contributed by atoms with Gasteiger partial charge in [0, 0.05) is 23.5 Å². The van der Waals surface area contributed by atoms with E-state index in [9.17, 15) is 14.4 Å². The standard InChI is InChI=1S/C21H28N4O4/c1-5-12-22-20(27)16(4)23-19(26)13-29-18-10-8-17(9-11-18)21(28)24-25-14(2)6-7-15(25)3/h6-11,16H,5,12-13H2,1-4H3,(H,22,27)(H,23,26)(H,24,28)/t16-/m1/s1. The molecule has 0 unspecified atom stereocenters. The van der Waals surface area contributed by atoms with E-state index in [1.165, 1.54) is 0 Å². The minimum atomic E-state index is -0.635. The van der Waals surface area contributed by atoms with Crippen LogP contribution in [0.25, 0.3) is 0 Å². The number of hydrogen-bond acceptors (Lipinski definition) is 4. The maximum Gasteiger partial charge on any atom is 0.270 e. The summed E-state index contributed by atoms with van der Waals surface area (Å²) in [4.78, 5) is 36.1. The lowest BCUT2D eigenvalue weighted by molar-refractivity contribution is -0.129. The van der Waals surface area contributed by atoms with E-state index in [0.29, 0.717) is 17.9 Å². The number of aryl methyl sites for hydroxylation is 2. The van der Waals surface area contributed by atoms with Gasteiger partial charge in [-0.05, 0) is 63.6 Å². The fourth-order valence-electron chi connectivity index (χ4n) is 2.61. The summed E-state index contributed by atoms with van der Waals surface area (Å²) in [5.74, 6) is -0.426. The summed E-state index contributed by atoms with van der Waals surface area (Å²) >= 11 is 0. The van der Waals surface area contributed by atoms with Crippen LogP contribution in [0, 0.1) is 13.8 Å². The maximum atomic E-state index is 12.4. The van der Waals surface area contributed by atoms with Crippen LogP contribution in [0.3, 0.4) is 0 Å². The number of carbonyl (C=O) groups excluding carboxylic acids is 3. The molecule has 2 rings (SSSR count).